The summed E-state index contributed by atoms with van der Waals surface area (Å²) < 4.78 is 7.41. The molecule has 0 spiro atoms. The molecule has 1 atom stereocenters. The Morgan fingerprint density at radius 3 is 2.71 bits per heavy atom. The van der Waals surface area contributed by atoms with E-state index >= 15 is 0 Å². The van der Waals surface area contributed by atoms with E-state index in [0.717, 1.165) is 59.6 Å². The third-order valence-corrected chi connectivity index (χ3v) is 5.60. The van der Waals surface area contributed by atoms with Crippen LogP contribution in [0.4, 0.5) is 0 Å². The molecule has 3 aromatic rings. The second kappa shape index (κ2) is 7.62. The van der Waals surface area contributed by atoms with Crippen LogP contribution in [-0.4, -0.2) is 32.3 Å². The van der Waals surface area contributed by atoms with E-state index in [-0.39, 0.29) is 11.9 Å². The Kier molecular flexibility index (Phi) is 5.03. The molecule has 4 rings (SSSR count). The van der Waals surface area contributed by atoms with Gasteiger partial charge in [-0.3, -0.25) is 9.48 Å². The van der Waals surface area contributed by atoms with Crippen molar-refractivity contribution in [2.24, 2.45) is 7.05 Å². The number of hydrogen-bond donors (Lipinski definition) is 0. The molecule has 1 aliphatic heterocycles. The van der Waals surface area contributed by atoms with E-state index in [1.807, 2.05) is 62.3 Å². The number of carbonyl (C=O) groups is 1. The third kappa shape index (κ3) is 3.46. The highest BCUT2D eigenvalue weighted by Crippen LogP contribution is 2.37. The maximum absolute atomic E-state index is 13.1. The first kappa shape index (κ1) is 18.5. The summed E-state index contributed by atoms with van der Waals surface area (Å²) in [7, 11) is 1.91. The average Bonchev–Trinajstić information content (AvgIpc) is 3.25. The van der Waals surface area contributed by atoms with Crippen LogP contribution < -0.4 is 0 Å². The SMILES string of the molecule is Cc1noc(-c2cn(C)nc2[C@@H]2CCCCN2C(=O)Cc2ccccc2)c1C. The Morgan fingerprint density at radius 2 is 2.00 bits per heavy atom. The zero-order chi connectivity index (χ0) is 19.7. The summed E-state index contributed by atoms with van der Waals surface area (Å²) in [6.07, 6.45) is 5.41. The van der Waals surface area contributed by atoms with Gasteiger partial charge in [0.2, 0.25) is 5.91 Å². The fourth-order valence-corrected chi connectivity index (χ4v) is 3.98. The second-order valence-electron chi connectivity index (χ2n) is 7.58. The average molecular weight is 378 g/mol. The fraction of sp³-hybridized carbons (Fsp3) is 0.409. The van der Waals surface area contributed by atoms with Crippen LogP contribution in [0.15, 0.2) is 41.1 Å². The van der Waals surface area contributed by atoms with E-state index in [1.165, 1.54) is 0 Å². The lowest BCUT2D eigenvalue weighted by Crippen LogP contribution is -2.39. The van der Waals surface area contributed by atoms with Crippen molar-refractivity contribution in [1.29, 1.82) is 0 Å². The molecule has 1 aliphatic rings. The molecule has 1 saturated heterocycles. The molecule has 6 heteroatoms. The van der Waals surface area contributed by atoms with Gasteiger partial charge in [0.1, 0.15) is 0 Å². The van der Waals surface area contributed by atoms with Crippen molar-refractivity contribution >= 4 is 5.91 Å². The number of aromatic nitrogens is 3. The molecule has 1 amide bonds. The quantitative estimate of drug-likeness (QED) is 0.689. The third-order valence-electron chi connectivity index (χ3n) is 5.60. The van der Waals surface area contributed by atoms with Crippen molar-refractivity contribution in [3.8, 4) is 11.3 Å². The predicted octanol–water partition coefficient (Wildman–Crippen LogP) is 3.99. The molecule has 0 N–H and O–H groups in total. The molecular formula is C22H26N4O2. The summed E-state index contributed by atoms with van der Waals surface area (Å²) in [5.41, 5.74) is 4.78. The molecule has 0 aliphatic carbocycles. The molecule has 0 saturated carbocycles. The first-order valence-corrected chi connectivity index (χ1v) is 9.84. The zero-order valence-electron chi connectivity index (χ0n) is 16.7. The lowest BCUT2D eigenvalue weighted by Gasteiger charge is -2.35. The van der Waals surface area contributed by atoms with Crippen LogP contribution in [0, 0.1) is 13.8 Å². The number of hydrogen-bond acceptors (Lipinski definition) is 4. The van der Waals surface area contributed by atoms with Gasteiger partial charge in [-0.25, -0.2) is 0 Å². The number of aryl methyl sites for hydroxylation is 2. The molecule has 6 nitrogen and oxygen atoms in total. The van der Waals surface area contributed by atoms with Crippen molar-refractivity contribution in [3.63, 3.8) is 0 Å². The highest BCUT2D eigenvalue weighted by molar-refractivity contribution is 5.79. The predicted molar refractivity (Wildman–Crippen MR) is 107 cm³/mol. The van der Waals surface area contributed by atoms with Gasteiger partial charge in [-0.15, -0.1) is 0 Å². The van der Waals surface area contributed by atoms with Gasteiger partial charge in [0, 0.05) is 25.4 Å². The topological polar surface area (TPSA) is 64.2 Å². The van der Waals surface area contributed by atoms with Crippen molar-refractivity contribution < 1.29 is 9.32 Å². The maximum atomic E-state index is 13.1. The minimum absolute atomic E-state index is 0.0361. The molecule has 1 fully saturated rings. The monoisotopic (exact) mass is 378 g/mol. The number of piperidine rings is 1. The molecule has 3 heterocycles. The van der Waals surface area contributed by atoms with E-state index in [4.69, 9.17) is 9.62 Å². The highest BCUT2D eigenvalue weighted by atomic mass is 16.5. The Bertz CT molecular complexity index is 974. The van der Waals surface area contributed by atoms with E-state index in [0.29, 0.717) is 6.42 Å². The summed E-state index contributed by atoms with van der Waals surface area (Å²) in [5, 5.41) is 8.84. The molecule has 146 valence electrons. The van der Waals surface area contributed by atoms with Gasteiger partial charge in [0.15, 0.2) is 5.76 Å². The van der Waals surface area contributed by atoms with E-state index in [1.54, 1.807) is 4.68 Å². The Morgan fingerprint density at radius 1 is 1.21 bits per heavy atom. The molecule has 0 radical (unpaired) electrons. The minimum atomic E-state index is -0.0361. The number of rotatable bonds is 4. The number of likely N-dealkylation sites (tertiary alicyclic amines) is 1. The van der Waals surface area contributed by atoms with Crippen molar-refractivity contribution in [2.45, 2.75) is 45.6 Å². The van der Waals surface area contributed by atoms with Crippen LogP contribution in [0.5, 0.6) is 0 Å². The summed E-state index contributed by atoms with van der Waals surface area (Å²) in [5.74, 6) is 0.902. The molecule has 0 bridgehead atoms. The highest BCUT2D eigenvalue weighted by Gasteiger charge is 2.33. The van der Waals surface area contributed by atoms with Crippen molar-refractivity contribution in [1.82, 2.24) is 19.8 Å². The maximum Gasteiger partial charge on any atom is 0.227 e. The van der Waals surface area contributed by atoms with Crippen molar-refractivity contribution in [2.75, 3.05) is 6.54 Å². The van der Waals surface area contributed by atoms with Crippen LogP contribution in [-0.2, 0) is 18.3 Å². The van der Waals surface area contributed by atoms with Crippen molar-refractivity contribution in [3.05, 3.63) is 59.0 Å². The van der Waals surface area contributed by atoms with Gasteiger partial charge < -0.3 is 9.42 Å². The van der Waals surface area contributed by atoms with Crippen LogP contribution in [0.2, 0.25) is 0 Å². The Hall–Kier alpha value is -2.89. The number of amides is 1. The second-order valence-corrected chi connectivity index (χ2v) is 7.58. The van der Waals surface area contributed by atoms with Gasteiger partial charge in [-0.1, -0.05) is 35.5 Å². The van der Waals surface area contributed by atoms with Crippen LogP contribution in [0.25, 0.3) is 11.3 Å². The first-order valence-electron chi connectivity index (χ1n) is 9.84. The van der Waals surface area contributed by atoms with Gasteiger partial charge >= 0.3 is 0 Å². The summed E-state index contributed by atoms with van der Waals surface area (Å²) in [4.78, 5) is 15.1. The lowest BCUT2D eigenvalue weighted by molar-refractivity contribution is -0.134. The Labute approximate surface area is 165 Å². The molecule has 28 heavy (non-hydrogen) atoms. The van der Waals surface area contributed by atoms with E-state index in [2.05, 4.69) is 5.16 Å². The zero-order valence-corrected chi connectivity index (χ0v) is 16.7. The molecule has 1 aromatic carbocycles. The van der Waals surface area contributed by atoms with Gasteiger partial charge in [0.25, 0.3) is 0 Å². The molecule has 2 aromatic heterocycles. The molecule has 0 unspecified atom stereocenters. The van der Waals surface area contributed by atoms with Crippen LogP contribution in [0.1, 0.15) is 47.8 Å². The summed E-state index contributed by atoms with van der Waals surface area (Å²) >= 11 is 0. The molecular weight excluding hydrogens is 352 g/mol. The fourth-order valence-electron chi connectivity index (χ4n) is 3.98. The van der Waals surface area contributed by atoms with Crippen LogP contribution >= 0.6 is 0 Å². The Balaban J connectivity index is 1.67. The number of benzene rings is 1. The number of nitrogens with zero attached hydrogens (tertiary/aromatic N) is 4. The summed E-state index contributed by atoms with van der Waals surface area (Å²) in [6.45, 7) is 4.71. The number of carbonyl (C=O) groups excluding carboxylic acids is 1. The lowest BCUT2D eigenvalue weighted by atomic mass is 9.94. The minimum Gasteiger partial charge on any atom is -0.356 e. The standard InChI is InChI=1S/C22H26N4O2/c1-15-16(2)24-28-22(15)18-14-25(3)23-21(18)19-11-7-8-12-26(19)20(27)13-17-9-5-4-6-10-17/h4-6,9-10,14,19H,7-8,11-13H2,1-3H3/t19-/m0/s1. The van der Waals surface area contributed by atoms with Crippen LogP contribution in [0.3, 0.4) is 0 Å². The van der Waals surface area contributed by atoms with E-state index < -0.39 is 0 Å². The first-order chi connectivity index (χ1) is 13.5. The summed E-state index contributed by atoms with van der Waals surface area (Å²) in [6, 6.07) is 9.89. The normalized spacial score (nSPS) is 17.1. The van der Waals surface area contributed by atoms with Gasteiger partial charge in [-0.05, 0) is 38.7 Å². The van der Waals surface area contributed by atoms with E-state index in [9.17, 15) is 4.79 Å². The van der Waals surface area contributed by atoms with Gasteiger partial charge in [-0.2, -0.15) is 5.10 Å². The smallest absolute Gasteiger partial charge is 0.227 e. The largest absolute Gasteiger partial charge is 0.356 e. The van der Waals surface area contributed by atoms with Gasteiger partial charge in [0.05, 0.1) is 29.4 Å².